The Labute approximate surface area is 170 Å². The molecule has 3 aromatic rings. The van der Waals surface area contributed by atoms with Gasteiger partial charge in [0, 0.05) is 24.9 Å². The van der Waals surface area contributed by atoms with Gasteiger partial charge >= 0.3 is 5.97 Å². The van der Waals surface area contributed by atoms with Crippen molar-refractivity contribution in [1.29, 1.82) is 0 Å². The number of phenols is 1. The Bertz CT molecular complexity index is 1320. The summed E-state index contributed by atoms with van der Waals surface area (Å²) in [5.74, 6) is -1.51. The third-order valence-electron chi connectivity index (χ3n) is 5.67. The van der Waals surface area contributed by atoms with Crippen molar-refractivity contribution < 1.29 is 15.0 Å². The molecular weight excluding hydrogens is 388 g/mol. The summed E-state index contributed by atoms with van der Waals surface area (Å²) in [5, 5.41) is 23.1. The lowest BCUT2D eigenvalue weighted by Gasteiger charge is -2.18. The first kappa shape index (κ1) is 19.8. The number of carboxylic acid groups (broad SMARTS) is 1. The molecule has 0 saturated carbocycles. The van der Waals surface area contributed by atoms with Crippen molar-refractivity contribution in [3.8, 4) is 5.75 Å². The minimum Gasteiger partial charge on any atom is -0.507 e. The van der Waals surface area contributed by atoms with Crippen LogP contribution in [0.25, 0.3) is 28.3 Å². The van der Waals surface area contributed by atoms with E-state index in [-0.39, 0.29) is 38.6 Å². The summed E-state index contributed by atoms with van der Waals surface area (Å²) >= 11 is 0. The Balaban J connectivity index is 1.80. The molecule has 9 heteroatoms. The molecule has 0 aliphatic carbocycles. The first-order valence-corrected chi connectivity index (χ1v) is 9.76. The first-order valence-electron chi connectivity index (χ1n) is 9.76. The number of nitrogens with zero attached hydrogens (tertiary/aromatic N) is 2. The number of aromatic hydroxyl groups is 1. The van der Waals surface area contributed by atoms with E-state index in [0.717, 1.165) is 31.5 Å². The van der Waals surface area contributed by atoms with E-state index in [2.05, 4.69) is 27.2 Å². The van der Waals surface area contributed by atoms with Crippen molar-refractivity contribution in [1.82, 2.24) is 20.2 Å². The van der Waals surface area contributed by atoms with Gasteiger partial charge in [-0.15, -0.1) is 0 Å². The van der Waals surface area contributed by atoms with Crippen LogP contribution in [0, 0.1) is 0 Å². The van der Waals surface area contributed by atoms with Crippen LogP contribution in [0.1, 0.15) is 29.6 Å². The Kier molecular flexibility index (Phi) is 5.13. The van der Waals surface area contributed by atoms with E-state index < -0.39 is 16.8 Å². The molecule has 1 aliphatic rings. The number of rotatable bonds is 5. The summed E-state index contributed by atoms with van der Waals surface area (Å²) in [6.07, 6.45) is 4.84. The zero-order valence-electron chi connectivity index (χ0n) is 16.4. The molecule has 1 unspecified atom stereocenters. The van der Waals surface area contributed by atoms with Gasteiger partial charge in [-0.25, -0.2) is 9.78 Å². The third kappa shape index (κ3) is 3.48. The molecular formula is C21H22N4O5. The second kappa shape index (κ2) is 7.75. The van der Waals surface area contributed by atoms with Gasteiger partial charge < -0.3 is 25.4 Å². The highest BCUT2D eigenvalue weighted by Gasteiger charge is 2.20. The van der Waals surface area contributed by atoms with Gasteiger partial charge in [0.2, 0.25) is 10.9 Å². The molecule has 2 heterocycles. The molecule has 9 nitrogen and oxygen atoms in total. The Morgan fingerprint density at radius 1 is 1.30 bits per heavy atom. The minimum atomic E-state index is -1.24. The highest BCUT2D eigenvalue weighted by Crippen LogP contribution is 2.17. The molecule has 30 heavy (non-hydrogen) atoms. The number of fused-ring (bicyclic) bond motifs is 2. The van der Waals surface area contributed by atoms with Crippen LogP contribution in [0.4, 0.5) is 0 Å². The summed E-state index contributed by atoms with van der Waals surface area (Å²) in [4.78, 5) is 45.5. The van der Waals surface area contributed by atoms with Crippen molar-refractivity contribution in [3.05, 3.63) is 49.4 Å². The number of nitrogens with one attached hydrogen (secondary N) is 2. The van der Waals surface area contributed by atoms with Crippen LogP contribution in [-0.2, 0) is 0 Å². The SMILES string of the molecule is CN1CCCC1CCN/C=c1/c(O)cc(=O)c2[nH]c3c(C(=O)O)ccc(=O)c3nc12. The minimum absolute atomic E-state index is 0.0199. The van der Waals surface area contributed by atoms with E-state index in [1.165, 1.54) is 12.5 Å². The van der Waals surface area contributed by atoms with E-state index in [9.17, 15) is 24.6 Å². The standard InChI is InChI=1S/C21H22N4O5/c1-25-8-2-3-11(25)6-7-22-10-13-15(27)9-16(28)20-18(13)24-19-14(26)5-4-12(21(29)30)17(19)23-20/h4-5,9-11,22-23,27H,2-3,6-8H2,1H3,(H,29,30)/b13-10-. The van der Waals surface area contributed by atoms with Gasteiger partial charge in [0.25, 0.3) is 0 Å². The monoisotopic (exact) mass is 410 g/mol. The zero-order chi connectivity index (χ0) is 21.4. The molecule has 1 atom stereocenters. The second-order valence-electron chi connectivity index (χ2n) is 7.57. The van der Waals surface area contributed by atoms with Crippen molar-refractivity contribution in [3.63, 3.8) is 0 Å². The average molecular weight is 410 g/mol. The maximum atomic E-state index is 12.4. The third-order valence-corrected chi connectivity index (χ3v) is 5.67. The molecule has 0 amide bonds. The lowest BCUT2D eigenvalue weighted by atomic mass is 10.1. The van der Waals surface area contributed by atoms with Crippen molar-refractivity contribution in [2.75, 3.05) is 20.1 Å². The van der Waals surface area contributed by atoms with E-state index in [1.807, 2.05) is 0 Å². The summed E-state index contributed by atoms with van der Waals surface area (Å²) in [6.45, 7) is 1.76. The fourth-order valence-electron chi connectivity index (χ4n) is 4.02. The zero-order valence-corrected chi connectivity index (χ0v) is 16.4. The molecule has 0 spiro atoms. The number of carboxylic acids is 1. The molecule has 156 valence electrons. The van der Waals surface area contributed by atoms with Gasteiger partial charge in [-0.3, -0.25) is 9.59 Å². The van der Waals surface area contributed by atoms with Crippen molar-refractivity contribution >= 4 is 34.2 Å². The topological polar surface area (TPSA) is 136 Å². The lowest BCUT2D eigenvalue weighted by molar-refractivity contribution is 0.0699. The predicted octanol–water partition coefficient (Wildman–Crippen LogP) is 0.371. The summed E-state index contributed by atoms with van der Waals surface area (Å²) in [5.41, 5.74) is -1.17. The smallest absolute Gasteiger partial charge is 0.337 e. The molecule has 2 aromatic carbocycles. The molecule has 0 bridgehead atoms. The van der Waals surface area contributed by atoms with Gasteiger partial charge in [-0.2, -0.15) is 0 Å². The number of aromatic nitrogens is 2. The lowest BCUT2D eigenvalue weighted by Crippen LogP contribution is -2.28. The summed E-state index contributed by atoms with van der Waals surface area (Å²) in [6, 6.07) is 3.86. The van der Waals surface area contributed by atoms with Crippen LogP contribution in [-0.4, -0.2) is 57.2 Å². The largest absolute Gasteiger partial charge is 0.507 e. The van der Waals surface area contributed by atoms with Crippen molar-refractivity contribution in [2.45, 2.75) is 25.3 Å². The van der Waals surface area contributed by atoms with E-state index in [4.69, 9.17) is 0 Å². The van der Waals surface area contributed by atoms with Crippen LogP contribution < -0.4 is 21.4 Å². The number of carbonyl (C=O) groups is 1. The van der Waals surface area contributed by atoms with Crippen LogP contribution in [0.15, 0.2) is 27.8 Å². The number of aromatic amines is 1. The number of likely N-dealkylation sites (tertiary alicyclic amines) is 1. The van der Waals surface area contributed by atoms with Crippen LogP contribution in [0.5, 0.6) is 5.75 Å². The number of hydrogen-bond donors (Lipinski definition) is 4. The maximum Gasteiger partial charge on any atom is 0.337 e. The molecule has 4 N–H and O–H groups in total. The number of benzene rings is 2. The molecule has 0 radical (unpaired) electrons. The molecule has 4 rings (SSSR count). The quantitative estimate of drug-likeness (QED) is 0.350. The van der Waals surface area contributed by atoms with Gasteiger partial charge in [-0.1, -0.05) is 0 Å². The fourth-order valence-corrected chi connectivity index (χ4v) is 4.02. The number of H-pyrrole nitrogens is 1. The van der Waals surface area contributed by atoms with Gasteiger partial charge in [0.05, 0.1) is 16.3 Å². The van der Waals surface area contributed by atoms with Gasteiger partial charge in [0.1, 0.15) is 22.3 Å². The van der Waals surface area contributed by atoms with Gasteiger partial charge in [0.15, 0.2) is 0 Å². The molecule has 1 saturated heterocycles. The summed E-state index contributed by atoms with van der Waals surface area (Å²) in [7, 11) is 2.10. The van der Waals surface area contributed by atoms with Gasteiger partial charge in [-0.05, 0) is 45.0 Å². The average Bonchev–Trinajstić information content (AvgIpc) is 3.11. The molecule has 1 aromatic heterocycles. The van der Waals surface area contributed by atoms with E-state index in [0.29, 0.717) is 12.6 Å². The fraction of sp³-hybridized carbons (Fsp3) is 0.333. The van der Waals surface area contributed by atoms with Crippen LogP contribution in [0.2, 0.25) is 0 Å². The van der Waals surface area contributed by atoms with Crippen LogP contribution >= 0.6 is 0 Å². The maximum absolute atomic E-state index is 12.4. The Morgan fingerprint density at radius 2 is 2.10 bits per heavy atom. The van der Waals surface area contributed by atoms with E-state index in [1.54, 1.807) is 6.20 Å². The number of phenolic OH excluding ortho intramolecular Hbond substituents is 1. The number of aromatic carboxylic acids is 1. The Morgan fingerprint density at radius 3 is 2.80 bits per heavy atom. The highest BCUT2D eigenvalue weighted by molar-refractivity contribution is 6.02. The Hall–Kier alpha value is -3.46. The highest BCUT2D eigenvalue weighted by atomic mass is 16.4. The van der Waals surface area contributed by atoms with Crippen LogP contribution in [0.3, 0.4) is 0 Å². The summed E-state index contributed by atoms with van der Waals surface area (Å²) < 4.78 is 0. The second-order valence-corrected chi connectivity index (χ2v) is 7.57. The molecule has 1 fully saturated rings. The number of hydrogen-bond acceptors (Lipinski definition) is 7. The van der Waals surface area contributed by atoms with Crippen molar-refractivity contribution in [2.24, 2.45) is 0 Å². The van der Waals surface area contributed by atoms with E-state index >= 15 is 0 Å². The molecule has 1 aliphatic heterocycles. The first-order chi connectivity index (χ1) is 14.4. The normalized spacial score (nSPS) is 17.8. The predicted molar refractivity (Wildman–Crippen MR) is 113 cm³/mol.